The van der Waals surface area contributed by atoms with E-state index in [4.69, 9.17) is 0 Å². The minimum absolute atomic E-state index is 0.125. The van der Waals surface area contributed by atoms with Gasteiger partial charge < -0.3 is 20.6 Å². The zero-order valence-electron chi connectivity index (χ0n) is 12.0. The molecular weight excluding hydrogens is 256 g/mol. The zero-order valence-corrected chi connectivity index (χ0v) is 12.0. The Balaban J connectivity index is 1.92. The van der Waals surface area contributed by atoms with Crippen LogP contribution in [0.5, 0.6) is 5.75 Å². The summed E-state index contributed by atoms with van der Waals surface area (Å²) in [5.74, 6) is 0.647. The van der Waals surface area contributed by atoms with E-state index in [1.807, 2.05) is 0 Å². The number of nitrogens with one attached hydrogen (secondary N) is 1. The number of hydrogen-bond acceptors (Lipinski definition) is 5. The quantitative estimate of drug-likeness (QED) is 0.652. The number of aryl methyl sites for hydroxylation is 1. The van der Waals surface area contributed by atoms with Crippen molar-refractivity contribution in [1.82, 2.24) is 10.3 Å². The Kier molecular flexibility index (Phi) is 5.34. The number of nitrogens with zero attached hydrogens (tertiary/aromatic N) is 1. The molecule has 4 N–H and O–H groups in total. The first-order chi connectivity index (χ1) is 9.61. The Labute approximate surface area is 119 Å². The van der Waals surface area contributed by atoms with E-state index >= 15 is 0 Å². The van der Waals surface area contributed by atoms with Gasteiger partial charge in [-0.2, -0.15) is 0 Å². The zero-order chi connectivity index (χ0) is 14.5. The lowest BCUT2D eigenvalue weighted by molar-refractivity contribution is 0.100. The Morgan fingerprint density at radius 3 is 2.90 bits per heavy atom. The number of pyridine rings is 1. The second-order valence-corrected chi connectivity index (χ2v) is 5.67. The van der Waals surface area contributed by atoms with Crippen molar-refractivity contribution < 1.29 is 15.3 Å². The summed E-state index contributed by atoms with van der Waals surface area (Å²) in [6.07, 6.45) is 5.42. The van der Waals surface area contributed by atoms with E-state index in [1.165, 1.54) is 0 Å². The molecule has 1 aromatic heterocycles. The van der Waals surface area contributed by atoms with Crippen molar-refractivity contribution in [1.29, 1.82) is 0 Å². The molecule has 0 aromatic carbocycles. The van der Waals surface area contributed by atoms with E-state index in [-0.39, 0.29) is 18.5 Å². The van der Waals surface area contributed by atoms with Crippen LogP contribution in [0.3, 0.4) is 0 Å². The molecule has 1 aromatic rings. The summed E-state index contributed by atoms with van der Waals surface area (Å²) in [4.78, 5) is 4.05. The SMILES string of the molecule is Cc1ncc(CO)c(CNCC2CCCC(O)C2)c1O. The highest BCUT2D eigenvalue weighted by molar-refractivity contribution is 5.40. The molecule has 5 nitrogen and oxygen atoms in total. The van der Waals surface area contributed by atoms with Crippen molar-refractivity contribution in [3.05, 3.63) is 23.0 Å². The maximum atomic E-state index is 10.0. The van der Waals surface area contributed by atoms with Gasteiger partial charge in [-0.05, 0) is 38.6 Å². The van der Waals surface area contributed by atoms with Crippen molar-refractivity contribution in [3.8, 4) is 5.75 Å². The number of hydrogen-bond donors (Lipinski definition) is 4. The normalized spacial score (nSPS) is 22.9. The molecule has 0 saturated heterocycles. The van der Waals surface area contributed by atoms with Crippen LogP contribution in [-0.4, -0.2) is 33.0 Å². The van der Waals surface area contributed by atoms with Gasteiger partial charge in [-0.3, -0.25) is 4.98 Å². The van der Waals surface area contributed by atoms with Crippen LogP contribution in [0, 0.1) is 12.8 Å². The van der Waals surface area contributed by atoms with Gasteiger partial charge in [0.2, 0.25) is 0 Å². The van der Waals surface area contributed by atoms with E-state index in [9.17, 15) is 15.3 Å². The second kappa shape index (κ2) is 7.02. The van der Waals surface area contributed by atoms with Gasteiger partial charge >= 0.3 is 0 Å². The van der Waals surface area contributed by atoms with Gasteiger partial charge in [0.1, 0.15) is 5.75 Å². The van der Waals surface area contributed by atoms with Gasteiger partial charge in [-0.25, -0.2) is 0 Å². The highest BCUT2D eigenvalue weighted by Crippen LogP contribution is 2.25. The van der Waals surface area contributed by atoms with Gasteiger partial charge in [0.15, 0.2) is 0 Å². The molecule has 0 aliphatic heterocycles. The van der Waals surface area contributed by atoms with Crippen LogP contribution in [0.15, 0.2) is 6.20 Å². The van der Waals surface area contributed by atoms with Gasteiger partial charge in [0, 0.05) is 23.9 Å². The van der Waals surface area contributed by atoms with E-state index in [2.05, 4.69) is 10.3 Å². The summed E-state index contributed by atoms with van der Waals surface area (Å²) >= 11 is 0. The standard InChI is InChI=1S/C15H24N2O3/c1-10-15(20)14(12(9-18)7-17-10)8-16-6-11-3-2-4-13(19)5-11/h7,11,13,16,18-20H,2-6,8-9H2,1H3. The maximum Gasteiger partial charge on any atom is 0.141 e. The molecule has 0 spiro atoms. The molecule has 5 heteroatoms. The molecule has 1 aliphatic carbocycles. The molecule has 0 amide bonds. The number of aromatic hydroxyl groups is 1. The lowest BCUT2D eigenvalue weighted by atomic mass is 9.87. The molecule has 2 rings (SSSR count). The Bertz CT molecular complexity index is 451. The van der Waals surface area contributed by atoms with Crippen LogP contribution in [0.4, 0.5) is 0 Å². The summed E-state index contributed by atoms with van der Waals surface area (Å²) in [5.41, 5.74) is 1.95. The fourth-order valence-corrected chi connectivity index (χ4v) is 2.87. The molecule has 2 unspecified atom stereocenters. The molecule has 1 heterocycles. The van der Waals surface area contributed by atoms with E-state index in [0.717, 1.165) is 37.8 Å². The van der Waals surface area contributed by atoms with E-state index < -0.39 is 0 Å². The average molecular weight is 280 g/mol. The summed E-state index contributed by atoms with van der Waals surface area (Å²) in [6, 6.07) is 0. The fourth-order valence-electron chi connectivity index (χ4n) is 2.87. The van der Waals surface area contributed by atoms with Gasteiger partial charge in [-0.1, -0.05) is 6.42 Å². The number of aliphatic hydroxyl groups is 2. The lowest BCUT2D eigenvalue weighted by Crippen LogP contribution is -2.29. The largest absolute Gasteiger partial charge is 0.506 e. The van der Waals surface area contributed by atoms with Crippen LogP contribution >= 0.6 is 0 Å². The molecule has 20 heavy (non-hydrogen) atoms. The molecule has 112 valence electrons. The summed E-state index contributed by atoms with van der Waals surface area (Å²) in [5, 5.41) is 32.3. The molecule has 2 atom stereocenters. The molecule has 0 bridgehead atoms. The highest BCUT2D eigenvalue weighted by atomic mass is 16.3. The Morgan fingerprint density at radius 1 is 1.40 bits per heavy atom. The molecule has 1 aliphatic rings. The van der Waals surface area contributed by atoms with Crippen molar-refractivity contribution in [2.75, 3.05) is 6.54 Å². The van der Waals surface area contributed by atoms with Crippen LogP contribution < -0.4 is 5.32 Å². The molecular formula is C15H24N2O3. The third-order valence-corrected chi connectivity index (χ3v) is 4.09. The average Bonchev–Trinajstić information content (AvgIpc) is 2.44. The first-order valence-electron chi connectivity index (χ1n) is 7.27. The lowest BCUT2D eigenvalue weighted by Gasteiger charge is -2.26. The number of rotatable bonds is 5. The molecule has 0 radical (unpaired) electrons. The van der Waals surface area contributed by atoms with Crippen LogP contribution in [-0.2, 0) is 13.2 Å². The van der Waals surface area contributed by atoms with Crippen molar-refractivity contribution in [2.45, 2.75) is 51.9 Å². The third kappa shape index (κ3) is 3.69. The van der Waals surface area contributed by atoms with Crippen LogP contribution in [0.25, 0.3) is 0 Å². The third-order valence-electron chi connectivity index (χ3n) is 4.09. The minimum Gasteiger partial charge on any atom is -0.506 e. The van der Waals surface area contributed by atoms with Crippen molar-refractivity contribution >= 4 is 0 Å². The van der Waals surface area contributed by atoms with Gasteiger partial charge in [0.25, 0.3) is 0 Å². The predicted octanol–water partition coefficient (Wildman–Crippen LogP) is 1.23. The van der Waals surface area contributed by atoms with Crippen molar-refractivity contribution in [2.24, 2.45) is 5.92 Å². The number of aromatic nitrogens is 1. The highest BCUT2D eigenvalue weighted by Gasteiger charge is 2.20. The molecule has 1 saturated carbocycles. The first-order valence-corrected chi connectivity index (χ1v) is 7.27. The Morgan fingerprint density at radius 2 is 2.20 bits per heavy atom. The fraction of sp³-hybridized carbons (Fsp3) is 0.667. The topological polar surface area (TPSA) is 85.6 Å². The van der Waals surface area contributed by atoms with Gasteiger partial charge in [-0.15, -0.1) is 0 Å². The first kappa shape index (κ1) is 15.2. The summed E-state index contributed by atoms with van der Waals surface area (Å²) < 4.78 is 0. The summed E-state index contributed by atoms with van der Waals surface area (Å²) in [7, 11) is 0. The van der Waals surface area contributed by atoms with Crippen molar-refractivity contribution in [3.63, 3.8) is 0 Å². The van der Waals surface area contributed by atoms with Gasteiger partial charge in [0.05, 0.1) is 18.4 Å². The van der Waals surface area contributed by atoms with Crippen LogP contribution in [0.1, 0.15) is 42.5 Å². The predicted molar refractivity (Wildman–Crippen MR) is 76.2 cm³/mol. The number of aliphatic hydroxyl groups excluding tert-OH is 2. The van der Waals surface area contributed by atoms with E-state index in [1.54, 1.807) is 13.1 Å². The second-order valence-electron chi connectivity index (χ2n) is 5.67. The monoisotopic (exact) mass is 280 g/mol. The Hall–Kier alpha value is -1.17. The van der Waals surface area contributed by atoms with E-state index in [0.29, 0.717) is 23.7 Å². The summed E-state index contributed by atoms with van der Waals surface area (Å²) in [6.45, 7) is 2.96. The maximum absolute atomic E-state index is 10.0. The smallest absolute Gasteiger partial charge is 0.141 e. The minimum atomic E-state index is -0.167. The van der Waals surface area contributed by atoms with Crippen LogP contribution in [0.2, 0.25) is 0 Å². The molecule has 1 fully saturated rings.